The predicted molar refractivity (Wildman–Crippen MR) is 69.8 cm³/mol. The van der Waals surface area contributed by atoms with Crippen molar-refractivity contribution < 1.29 is 19.0 Å². The first-order chi connectivity index (χ1) is 8.71. The minimum absolute atomic E-state index is 0.356. The largest absolute Gasteiger partial charge is 0.493 e. The van der Waals surface area contributed by atoms with Crippen molar-refractivity contribution in [1.29, 1.82) is 0 Å². The average molecular weight is 250 g/mol. The van der Waals surface area contributed by atoms with Crippen molar-refractivity contribution in [3.63, 3.8) is 0 Å². The van der Waals surface area contributed by atoms with Gasteiger partial charge in [-0.2, -0.15) is 0 Å². The second kappa shape index (κ2) is 7.37. The Bertz CT molecular complexity index is 424. The maximum absolute atomic E-state index is 11.2. The molecule has 4 nitrogen and oxygen atoms in total. The third-order valence-electron chi connectivity index (χ3n) is 2.19. The molecular weight excluding hydrogens is 232 g/mol. The lowest BCUT2D eigenvalue weighted by Gasteiger charge is -2.09. The van der Waals surface area contributed by atoms with Crippen LogP contribution in [0.5, 0.6) is 11.5 Å². The number of esters is 1. The van der Waals surface area contributed by atoms with Gasteiger partial charge < -0.3 is 14.2 Å². The zero-order chi connectivity index (χ0) is 13.4. The average Bonchev–Trinajstić information content (AvgIpc) is 2.38. The Kier molecular flexibility index (Phi) is 5.77. The summed E-state index contributed by atoms with van der Waals surface area (Å²) < 4.78 is 15.4. The monoisotopic (exact) mass is 250 g/mol. The smallest absolute Gasteiger partial charge is 0.330 e. The number of carbonyl (C=O) groups is 1. The lowest BCUT2D eigenvalue weighted by molar-refractivity contribution is -0.137. The number of hydrogen-bond acceptors (Lipinski definition) is 4. The molecule has 1 aromatic rings. The Hall–Kier alpha value is -1.97. The topological polar surface area (TPSA) is 44.8 Å². The van der Waals surface area contributed by atoms with E-state index in [1.54, 1.807) is 26.2 Å². The fourth-order valence-corrected chi connectivity index (χ4v) is 1.42. The number of benzene rings is 1. The molecule has 0 saturated carbocycles. The zero-order valence-electron chi connectivity index (χ0n) is 10.9. The van der Waals surface area contributed by atoms with Crippen LogP contribution >= 0.6 is 0 Å². The minimum atomic E-state index is -0.356. The van der Waals surface area contributed by atoms with E-state index < -0.39 is 0 Å². The Balaban J connectivity index is 2.82. The summed E-state index contributed by atoms with van der Waals surface area (Å²) >= 11 is 0. The van der Waals surface area contributed by atoms with Gasteiger partial charge in [0.15, 0.2) is 11.5 Å². The number of rotatable bonds is 6. The molecule has 0 atom stereocenters. The molecule has 0 radical (unpaired) electrons. The van der Waals surface area contributed by atoms with E-state index in [1.807, 2.05) is 19.1 Å². The number of carbonyl (C=O) groups excluding carboxylic acids is 1. The molecule has 0 bridgehead atoms. The molecule has 0 N–H and O–H groups in total. The van der Waals surface area contributed by atoms with Gasteiger partial charge in [-0.25, -0.2) is 4.79 Å². The van der Waals surface area contributed by atoms with Crippen LogP contribution in [0.15, 0.2) is 24.3 Å². The summed E-state index contributed by atoms with van der Waals surface area (Å²) in [5.41, 5.74) is 0.850. The summed E-state index contributed by atoms with van der Waals surface area (Å²) in [6.45, 7) is 4.63. The van der Waals surface area contributed by atoms with E-state index in [4.69, 9.17) is 14.2 Å². The van der Waals surface area contributed by atoms with Gasteiger partial charge in [0, 0.05) is 6.08 Å². The van der Waals surface area contributed by atoms with Crippen LogP contribution in [0, 0.1) is 0 Å². The molecule has 0 spiro atoms. The number of ether oxygens (including phenoxy) is 3. The lowest BCUT2D eigenvalue weighted by Crippen LogP contribution is -1.98. The standard InChI is InChI=1S/C14H18O4/c1-4-17-12-8-6-11(10-13(12)16-3)7-9-14(15)18-5-2/h6-10H,4-5H2,1-3H3. The Labute approximate surface area is 107 Å². The Morgan fingerprint density at radius 1 is 1.22 bits per heavy atom. The second-order valence-corrected chi connectivity index (χ2v) is 3.43. The van der Waals surface area contributed by atoms with Crippen molar-refractivity contribution in [1.82, 2.24) is 0 Å². The van der Waals surface area contributed by atoms with Crippen molar-refractivity contribution >= 4 is 12.0 Å². The predicted octanol–water partition coefficient (Wildman–Crippen LogP) is 2.67. The lowest BCUT2D eigenvalue weighted by atomic mass is 10.2. The molecule has 0 aromatic heterocycles. The third-order valence-corrected chi connectivity index (χ3v) is 2.19. The van der Waals surface area contributed by atoms with Gasteiger partial charge in [-0.15, -0.1) is 0 Å². The van der Waals surface area contributed by atoms with Crippen LogP contribution < -0.4 is 9.47 Å². The first-order valence-electron chi connectivity index (χ1n) is 5.87. The highest BCUT2D eigenvalue weighted by atomic mass is 16.5. The van der Waals surface area contributed by atoms with Gasteiger partial charge in [0.2, 0.25) is 0 Å². The van der Waals surface area contributed by atoms with Crippen LogP contribution in [-0.4, -0.2) is 26.3 Å². The van der Waals surface area contributed by atoms with Gasteiger partial charge in [0.1, 0.15) is 0 Å². The van der Waals surface area contributed by atoms with Crippen LogP contribution in [0.4, 0.5) is 0 Å². The summed E-state index contributed by atoms with van der Waals surface area (Å²) in [5.74, 6) is 0.974. The van der Waals surface area contributed by atoms with E-state index in [9.17, 15) is 4.79 Å². The van der Waals surface area contributed by atoms with Crippen LogP contribution in [0.2, 0.25) is 0 Å². The van der Waals surface area contributed by atoms with E-state index >= 15 is 0 Å². The maximum Gasteiger partial charge on any atom is 0.330 e. The summed E-state index contributed by atoms with van der Waals surface area (Å²) in [7, 11) is 1.58. The first-order valence-corrected chi connectivity index (χ1v) is 5.87. The van der Waals surface area contributed by atoms with Crippen molar-refractivity contribution in [2.75, 3.05) is 20.3 Å². The van der Waals surface area contributed by atoms with Gasteiger partial charge in [-0.05, 0) is 37.6 Å². The normalized spacial score (nSPS) is 10.4. The molecule has 98 valence electrons. The van der Waals surface area contributed by atoms with E-state index in [1.165, 1.54) is 6.08 Å². The van der Waals surface area contributed by atoms with Crippen LogP contribution in [0.3, 0.4) is 0 Å². The number of hydrogen-bond donors (Lipinski definition) is 0. The Morgan fingerprint density at radius 2 is 2.00 bits per heavy atom. The van der Waals surface area contributed by atoms with Gasteiger partial charge in [-0.3, -0.25) is 0 Å². The quantitative estimate of drug-likeness (QED) is 0.575. The third kappa shape index (κ3) is 4.13. The SMILES string of the molecule is CCOC(=O)C=Cc1ccc(OCC)c(OC)c1. The molecule has 0 amide bonds. The summed E-state index contributed by atoms with van der Waals surface area (Å²) in [6, 6.07) is 5.47. The maximum atomic E-state index is 11.2. The molecule has 4 heteroatoms. The van der Waals surface area contributed by atoms with Crippen molar-refractivity contribution in [2.45, 2.75) is 13.8 Å². The molecule has 0 saturated heterocycles. The highest BCUT2D eigenvalue weighted by Gasteiger charge is 2.04. The van der Waals surface area contributed by atoms with Gasteiger partial charge in [0.25, 0.3) is 0 Å². The van der Waals surface area contributed by atoms with Crippen molar-refractivity contribution in [2.24, 2.45) is 0 Å². The van der Waals surface area contributed by atoms with Gasteiger partial charge >= 0.3 is 5.97 Å². The fourth-order valence-electron chi connectivity index (χ4n) is 1.42. The molecule has 0 aliphatic rings. The minimum Gasteiger partial charge on any atom is -0.493 e. The van der Waals surface area contributed by atoms with Crippen molar-refractivity contribution in [3.05, 3.63) is 29.8 Å². The summed E-state index contributed by atoms with van der Waals surface area (Å²) in [5, 5.41) is 0. The van der Waals surface area contributed by atoms with Gasteiger partial charge in [-0.1, -0.05) is 6.07 Å². The van der Waals surface area contributed by atoms with E-state index in [2.05, 4.69) is 0 Å². The van der Waals surface area contributed by atoms with E-state index in [0.717, 1.165) is 5.56 Å². The van der Waals surface area contributed by atoms with Crippen LogP contribution in [0.1, 0.15) is 19.4 Å². The summed E-state index contributed by atoms with van der Waals surface area (Å²) in [6.07, 6.45) is 3.06. The molecule has 1 rings (SSSR count). The number of methoxy groups -OCH3 is 1. The van der Waals surface area contributed by atoms with E-state index in [-0.39, 0.29) is 5.97 Å². The van der Waals surface area contributed by atoms with Crippen LogP contribution in [-0.2, 0) is 9.53 Å². The zero-order valence-corrected chi connectivity index (χ0v) is 10.9. The molecule has 0 unspecified atom stereocenters. The fraction of sp³-hybridized carbons (Fsp3) is 0.357. The highest BCUT2D eigenvalue weighted by molar-refractivity contribution is 5.87. The van der Waals surface area contributed by atoms with Crippen molar-refractivity contribution in [3.8, 4) is 11.5 Å². The van der Waals surface area contributed by atoms with Crippen LogP contribution in [0.25, 0.3) is 6.08 Å². The Morgan fingerprint density at radius 3 is 2.61 bits per heavy atom. The second-order valence-electron chi connectivity index (χ2n) is 3.43. The molecule has 18 heavy (non-hydrogen) atoms. The summed E-state index contributed by atoms with van der Waals surface area (Å²) in [4.78, 5) is 11.2. The molecule has 0 heterocycles. The first kappa shape index (κ1) is 14.1. The molecular formula is C14H18O4. The van der Waals surface area contributed by atoms with E-state index in [0.29, 0.717) is 24.7 Å². The molecule has 0 aliphatic carbocycles. The molecule has 1 aromatic carbocycles. The van der Waals surface area contributed by atoms with Gasteiger partial charge in [0.05, 0.1) is 20.3 Å². The molecule has 0 aliphatic heterocycles. The molecule has 0 fully saturated rings. The highest BCUT2D eigenvalue weighted by Crippen LogP contribution is 2.28.